The van der Waals surface area contributed by atoms with Crippen LogP contribution in [-0.4, -0.2) is 15.0 Å². The van der Waals surface area contributed by atoms with E-state index in [1.165, 1.54) is 49.8 Å². The predicted octanol–water partition coefficient (Wildman–Crippen LogP) is 3.55. The fourth-order valence-electron chi connectivity index (χ4n) is 3.55. The normalized spacial score (nSPS) is 16.1. The fraction of sp³-hybridized carbons (Fsp3) is 0.556. The summed E-state index contributed by atoms with van der Waals surface area (Å²) in [6.07, 6.45) is 9.21. The zero-order valence-corrected chi connectivity index (χ0v) is 13.5. The van der Waals surface area contributed by atoms with Crippen molar-refractivity contribution in [3.05, 3.63) is 41.2 Å². The minimum Gasteiger partial charge on any atom is -0.325 e. The Labute approximate surface area is 132 Å². The molecule has 1 heterocycles. The van der Waals surface area contributed by atoms with Crippen LogP contribution in [0.1, 0.15) is 55.5 Å². The fourth-order valence-corrected chi connectivity index (χ4v) is 3.55. The van der Waals surface area contributed by atoms with Crippen molar-refractivity contribution in [2.24, 2.45) is 11.7 Å². The number of para-hydroxylation sites is 1. The van der Waals surface area contributed by atoms with E-state index in [2.05, 4.69) is 41.5 Å². The highest BCUT2D eigenvalue weighted by Crippen LogP contribution is 2.28. The molecule has 3 rings (SSSR count). The van der Waals surface area contributed by atoms with Crippen molar-refractivity contribution < 1.29 is 0 Å². The largest absolute Gasteiger partial charge is 0.325 e. The Hall–Kier alpha value is -1.68. The Morgan fingerprint density at radius 3 is 2.68 bits per heavy atom. The molecule has 0 amide bonds. The second kappa shape index (κ2) is 7.05. The third-order valence-electron chi connectivity index (χ3n) is 4.89. The summed E-state index contributed by atoms with van der Waals surface area (Å²) in [4.78, 5) is 0. The molecule has 2 N–H and O–H groups in total. The Bertz CT molecular complexity index is 611. The highest BCUT2D eigenvalue weighted by atomic mass is 15.4. The molecule has 2 aromatic rings. The first kappa shape index (κ1) is 15.2. The molecule has 0 unspecified atom stereocenters. The summed E-state index contributed by atoms with van der Waals surface area (Å²) in [6.45, 7) is 2.58. The van der Waals surface area contributed by atoms with E-state index in [1.807, 2.05) is 4.68 Å². The average molecular weight is 298 g/mol. The maximum atomic E-state index is 5.87. The Kier molecular flexibility index (Phi) is 4.88. The first-order chi connectivity index (χ1) is 10.8. The van der Waals surface area contributed by atoms with E-state index in [9.17, 15) is 0 Å². The van der Waals surface area contributed by atoms with Crippen LogP contribution in [0.5, 0.6) is 0 Å². The number of hydrogen-bond donors (Lipinski definition) is 1. The molecule has 0 atom stereocenters. The molecule has 0 aliphatic heterocycles. The monoisotopic (exact) mass is 298 g/mol. The number of aromatic nitrogens is 3. The molecule has 0 saturated heterocycles. The number of aryl methyl sites for hydroxylation is 1. The predicted molar refractivity (Wildman–Crippen MR) is 88.9 cm³/mol. The van der Waals surface area contributed by atoms with Crippen LogP contribution < -0.4 is 5.73 Å². The highest BCUT2D eigenvalue weighted by molar-refractivity contribution is 5.41. The van der Waals surface area contributed by atoms with Gasteiger partial charge in [0, 0.05) is 6.54 Å². The molecule has 1 fully saturated rings. The summed E-state index contributed by atoms with van der Waals surface area (Å²) in [5.74, 6) is 0.861. The lowest BCUT2D eigenvalue weighted by atomic mass is 9.85. The van der Waals surface area contributed by atoms with E-state index in [4.69, 9.17) is 5.73 Å². The van der Waals surface area contributed by atoms with Crippen molar-refractivity contribution >= 4 is 0 Å². The zero-order chi connectivity index (χ0) is 15.4. The quantitative estimate of drug-likeness (QED) is 0.918. The van der Waals surface area contributed by atoms with Gasteiger partial charge in [-0.2, -0.15) is 0 Å². The highest BCUT2D eigenvalue weighted by Gasteiger charge is 2.18. The second-order valence-corrected chi connectivity index (χ2v) is 6.43. The van der Waals surface area contributed by atoms with E-state index in [0.29, 0.717) is 6.54 Å². The molecule has 0 radical (unpaired) electrons. The van der Waals surface area contributed by atoms with Gasteiger partial charge in [0.1, 0.15) is 0 Å². The van der Waals surface area contributed by atoms with Crippen LogP contribution in [0.25, 0.3) is 5.69 Å². The van der Waals surface area contributed by atoms with Gasteiger partial charge in [-0.05, 0) is 37.3 Å². The van der Waals surface area contributed by atoms with Crippen LogP contribution in [0.4, 0.5) is 0 Å². The van der Waals surface area contributed by atoms with Crippen molar-refractivity contribution in [2.45, 2.75) is 58.4 Å². The molecule has 1 aromatic carbocycles. The molecule has 1 aliphatic rings. The maximum Gasteiger partial charge on any atom is 0.0999 e. The second-order valence-electron chi connectivity index (χ2n) is 6.43. The summed E-state index contributed by atoms with van der Waals surface area (Å²) in [5.41, 5.74) is 10.3. The van der Waals surface area contributed by atoms with Crippen molar-refractivity contribution in [1.29, 1.82) is 0 Å². The van der Waals surface area contributed by atoms with Gasteiger partial charge >= 0.3 is 0 Å². The lowest BCUT2D eigenvalue weighted by Gasteiger charge is -2.21. The van der Waals surface area contributed by atoms with Gasteiger partial charge in [0.2, 0.25) is 0 Å². The molecular formula is C18H26N4. The number of benzene rings is 1. The third-order valence-corrected chi connectivity index (χ3v) is 4.89. The van der Waals surface area contributed by atoms with Crippen LogP contribution in [0.3, 0.4) is 0 Å². The average Bonchev–Trinajstić information content (AvgIpc) is 2.97. The summed E-state index contributed by atoms with van der Waals surface area (Å²) in [5, 5.41) is 8.67. The van der Waals surface area contributed by atoms with Crippen LogP contribution in [-0.2, 0) is 13.0 Å². The first-order valence-corrected chi connectivity index (χ1v) is 8.49. The van der Waals surface area contributed by atoms with Crippen LogP contribution >= 0.6 is 0 Å². The molecule has 0 bridgehead atoms. The smallest absolute Gasteiger partial charge is 0.0999 e. The molecule has 118 valence electrons. The number of rotatable bonds is 5. The zero-order valence-electron chi connectivity index (χ0n) is 13.5. The molecule has 0 spiro atoms. The van der Waals surface area contributed by atoms with Gasteiger partial charge in [-0.1, -0.05) is 55.5 Å². The van der Waals surface area contributed by atoms with Gasteiger partial charge in [0.25, 0.3) is 0 Å². The lowest BCUT2D eigenvalue weighted by Crippen LogP contribution is -2.12. The first-order valence-electron chi connectivity index (χ1n) is 8.49. The summed E-state index contributed by atoms with van der Waals surface area (Å²) >= 11 is 0. The molecule has 4 nitrogen and oxygen atoms in total. The number of hydrogen-bond acceptors (Lipinski definition) is 3. The van der Waals surface area contributed by atoms with E-state index < -0.39 is 0 Å². The van der Waals surface area contributed by atoms with Gasteiger partial charge in [-0.3, -0.25) is 0 Å². The molecule has 1 aromatic heterocycles. The van der Waals surface area contributed by atoms with E-state index in [0.717, 1.165) is 23.7 Å². The lowest BCUT2D eigenvalue weighted by molar-refractivity contribution is 0.337. The van der Waals surface area contributed by atoms with Crippen molar-refractivity contribution in [1.82, 2.24) is 15.0 Å². The van der Waals surface area contributed by atoms with Gasteiger partial charge < -0.3 is 5.73 Å². The maximum absolute atomic E-state index is 5.87. The van der Waals surface area contributed by atoms with Gasteiger partial charge in [0.15, 0.2) is 0 Å². The van der Waals surface area contributed by atoms with Crippen LogP contribution in [0.2, 0.25) is 0 Å². The number of nitrogens with two attached hydrogens (primary N) is 1. The Morgan fingerprint density at radius 2 is 1.95 bits per heavy atom. The van der Waals surface area contributed by atoms with Gasteiger partial charge in [0.05, 0.1) is 17.1 Å². The molecule has 4 heteroatoms. The van der Waals surface area contributed by atoms with Crippen LogP contribution in [0, 0.1) is 12.8 Å². The van der Waals surface area contributed by atoms with Crippen molar-refractivity contribution in [2.75, 3.05) is 0 Å². The molecular weight excluding hydrogens is 272 g/mol. The molecule has 1 saturated carbocycles. The molecule has 22 heavy (non-hydrogen) atoms. The summed E-state index contributed by atoms with van der Waals surface area (Å²) < 4.78 is 2.00. The van der Waals surface area contributed by atoms with E-state index in [1.54, 1.807) is 0 Å². The van der Waals surface area contributed by atoms with Gasteiger partial charge in [-0.15, -0.1) is 5.10 Å². The van der Waals surface area contributed by atoms with Crippen molar-refractivity contribution in [3.8, 4) is 5.69 Å². The number of nitrogens with zero attached hydrogens (tertiary/aromatic N) is 3. The van der Waals surface area contributed by atoms with E-state index >= 15 is 0 Å². The summed E-state index contributed by atoms with van der Waals surface area (Å²) in [7, 11) is 0. The minimum atomic E-state index is 0.464. The molecule has 1 aliphatic carbocycles. The standard InChI is InChI=1S/C18H26N4/c1-14-7-5-6-10-17(14)22-18(16(13-19)20-21-22)12-11-15-8-3-2-4-9-15/h5-7,10,15H,2-4,8-9,11-13,19H2,1H3. The summed E-state index contributed by atoms with van der Waals surface area (Å²) in [6, 6.07) is 8.33. The topological polar surface area (TPSA) is 56.7 Å². The van der Waals surface area contributed by atoms with Gasteiger partial charge in [-0.25, -0.2) is 4.68 Å². The van der Waals surface area contributed by atoms with Crippen LogP contribution in [0.15, 0.2) is 24.3 Å². The Balaban J connectivity index is 1.82. The third kappa shape index (κ3) is 3.22. The van der Waals surface area contributed by atoms with E-state index in [-0.39, 0.29) is 0 Å². The minimum absolute atomic E-state index is 0.464. The SMILES string of the molecule is Cc1ccccc1-n1nnc(CN)c1CCC1CCCCC1. The Morgan fingerprint density at radius 1 is 1.18 bits per heavy atom. The van der Waals surface area contributed by atoms with Crippen molar-refractivity contribution in [3.63, 3.8) is 0 Å².